The smallest absolute Gasteiger partial charge is 0.726 e. The van der Waals surface area contributed by atoms with E-state index in [1.54, 1.807) is 0 Å². The standard InChI is InChI=1S/C8H18O4S.Mg/c1-2-3-4-5-6-7-8-12-13(9,10)11;/h2-8H2,1H3,(H,9,10,11);/q;+2/p-1. The maximum absolute atomic E-state index is 9.99. The molecule has 0 radical (unpaired) electrons. The number of rotatable bonds is 8. The molecule has 0 amide bonds. The molecule has 4 nitrogen and oxygen atoms in total. The van der Waals surface area contributed by atoms with Gasteiger partial charge in [0.2, 0.25) is 10.4 Å². The number of hydrogen-bond donors (Lipinski definition) is 0. The summed E-state index contributed by atoms with van der Waals surface area (Å²) in [7, 11) is -4.47. The molecule has 0 N–H and O–H groups in total. The molecule has 6 heteroatoms. The minimum Gasteiger partial charge on any atom is -0.726 e. The van der Waals surface area contributed by atoms with Gasteiger partial charge in [-0.25, -0.2) is 8.42 Å². The van der Waals surface area contributed by atoms with Gasteiger partial charge in [0, 0.05) is 0 Å². The van der Waals surface area contributed by atoms with Crippen LogP contribution in [0.1, 0.15) is 45.4 Å². The Hall–Kier alpha value is 0.636. The summed E-state index contributed by atoms with van der Waals surface area (Å²) in [5.74, 6) is 0. The molecule has 0 aliphatic heterocycles. The SMILES string of the molecule is CCCCCCCCOS(=O)(=O)[O-].[Mg+2]. The van der Waals surface area contributed by atoms with E-state index in [2.05, 4.69) is 11.1 Å². The topological polar surface area (TPSA) is 66.4 Å². The third-order valence-corrected chi connectivity index (χ3v) is 2.18. The first kappa shape index (κ1) is 17.0. The van der Waals surface area contributed by atoms with E-state index in [1.165, 1.54) is 19.3 Å². The number of hydrogen-bond acceptors (Lipinski definition) is 4. The van der Waals surface area contributed by atoms with Gasteiger partial charge in [0.25, 0.3) is 0 Å². The van der Waals surface area contributed by atoms with Crippen LogP contribution in [0.5, 0.6) is 0 Å². The van der Waals surface area contributed by atoms with Crippen LogP contribution in [-0.4, -0.2) is 42.6 Å². The molecule has 0 fully saturated rings. The van der Waals surface area contributed by atoms with Crippen LogP contribution in [0.15, 0.2) is 0 Å². The van der Waals surface area contributed by atoms with Crippen molar-refractivity contribution in [3.05, 3.63) is 0 Å². The first-order valence-corrected chi connectivity index (χ1v) is 6.00. The molecule has 0 saturated heterocycles. The molecule has 0 unspecified atom stereocenters. The van der Waals surface area contributed by atoms with Crippen LogP contribution in [0, 0.1) is 0 Å². The summed E-state index contributed by atoms with van der Waals surface area (Å²) in [5.41, 5.74) is 0. The van der Waals surface area contributed by atoms with Crippen LogP contribution in [0.3, 0.4) is 0 Å². The Morgan fingerprint density at radius 2 is 1.57 bits per heavy atom. The second-order valence-electron chi connectivity index (χ2n) is 3.00. The average molecular weight is 234 g/mol. The van der Waals surface area contributed by atoms with Gasteiger partial charge in [0.15, 0.2) is 0 Å². The van der Waals surface area contributed by atoms with E-state index in [4.69, 9.17) is 0 Å². The fraction of sp³-hybridized carbons (Fsp3) is 1.00. The molecule has 0 spiro atoms. The summed E-state index contributed by atoms with van der Waals surface area (Å²) < 4.78 is 34.0. The van der Waals surface area contributed by atoms with E-state index in [0.717, 1.165) is 12.8 Å². The Bertz CT molecular complexity index is 203. The predicted molar refractivity (Wildman–Crippen MR) is 54.8 cm³/mol. The molecule has 0 heterocycles. The Morgan fingerprint density at radius 3 is 2.07 bits per heavy atom. The van der Waals surface area contributed by atoms with E-state index >= 15 is 0 Å². The predicted octanol–water partition coefficient (Wildman–Crippen LogP) is 1.44. The summed E-state index contributed by atoms with van der Waals surface area (Å²) >= 11 is 0. The average Bonchev–Trinajstić information content (AvgIpc) is 2.01. The van der Waals surface area contributed by atoms with E-state index in [-0.39, 0.29) is 29.7 Å². The van der Waals surface area contributed by atoms with Crippen molar-refractivity contribution in [2.75, 3.05) is 6.61 Å². The van der Waals surface area contributed by atoms with Gasteiger partial charge >= 0.3 is 23.1 Å². The van der Waals surface area contributed by atoms with Crippen LogP contribution >= 0.6 is 0 Å². The fourth-order valence-corrected chi connectivity index (χ4v) is 1.37. The van der Waals surface area contributed by atoms with Crippen LogP contribution in [0.25, 0.3) is 0 Å². The maximum atomic E-state index is 9.99. The molecule has 0 aromatic carbocycles. The second-order valence-corrected chi connectivity index (χ2v) is 4.05. The van der Waals surface area contributed by atoms with Gasteiger partial charge < -0.3 is 4.55 Å². The van der Waals surface area contributed by atoms with Gasteiger partial charge in [-0.3, -0.25) is 4.18 Å². The molecule has 14 heavy (non-hydrogen) atoms. The van der Waals surface area contributed by atoms with Gasteiger partial charge in [0.05, 0.1) is 6.61 Å². The molecule has 0 aliphatic rings. The summed E-state index contributed by atoms with van der Waals surface area (Å²) in [6.45, 7) is 2.16. The normalized spacial score (nSPS) is 11.0. The quantitative estimate of drug-likeness (QED) is 0.275. The van der Waals surface area contributed by atoms with Crippen LogP contribution < -0.4 is 0 Å². The van der Waals surface area contributed by atoms with Crippen molar-refractivity contribution in [1.82, 2.24) is 0 Å². The van der Waals surface area contributed by atoms with Crippen molar-refractivity contribution in [3.63, 3.8) is 0 Å². The monoisotopic (exact) mass is 233 g/mol. The molecule has 0 aromatic rings. The van der Waals surface area contributed by atoms with Gasteiger partial charge in [0.1, 0.15) is 0 Å². The van der Waals surface area contributed by atoms with Gasteiger partial charge in [-0.2, -0.15) is 0 Å². The zero-order valence-corrected chi connectivity index (χ0v) is 10.9. The molecular weight excluding hydrogens is 216 g/mol. The van der Waals surface area contributed by atoms with Gasteiger partial charge in [-0.15, -0.1) is 0 Å². The minimum absolute atomic E-state index is 0. The fourth-order valence-electron chi connectivity index (χ4n) is 1.04. The summed E-state index contributed by atoms with van der Waals surface area (Å²) in [6.07, 6.45) is 6.21. The zero-order valence-electron chi connectivity index (χ0n) is 8.70. The van der Waals surface area contributed by atoms with E-state index < -0.39 is 10.4 Å². The third kappa shape index (κ3) is 15.1. The first-order valence-electron chi connectivity index (χ1n) is 4.66. The Balaban J connectivity index is 0. The second kappa shape index (κ2) is 10.2. The van der Waals surface area contributed by atoms with Crippen LogP contribution in [0.2, 0.25) is 0 Å². The van der Waals surface area contributed by atoms with Gasteiger partial charge in [-0.05, 0) is 6.42 Å². The summed E-state index contributed by atoms with van der Waals surface area (Å²) in [6, 6.07) is 0. The Labute approximate surface area is 103 Å². The molecule has 0 aliphatic carbocycles. The van der Waals surface area contributed by atoms with Crippen molar-refractivity contribution in [3.8, 4) is 0 Å². The molecule has 0 saturated carbocycles. The summed E-state index contributed by atoms with van der Waals surface area (Å²) in [4.78, 5) is 0. The largest absolute Gasteiger partial charge is 2.00 e. The van der Waals surface area contributed by atoms with Crippen LogP contribution in [-0.2, 0) is 14.6 Å². The molecule has 0 rings (SSSR count). The van der Waals surface area contributed by atoms with E-state index in [9.17, 15) is 13.0 Å². The van der Waals surface area contributed by atoms with Crippen molar-refractivity contribution < 1.29 is 17.2 Å². The van der Waals surface area contributed by atoms with Crippen molar-refractivity contribution in [1.29, 1.82) is 0 Å². The van der Waals surface area contributed by atoms with Crippen LogP contribution in [0.4, 0.5) is 0 Å². The number of unbranched alkanes of at least 4 members (excludes halogenated alkanes) is 5. The first-order chi connectivity index (χ1) is 6.06. The van der Waals surface area contributed by atoms with Crippen molar-refractivity contribution >= 4 is 33.5 Å². The third-order valence-electron chi connectivity index (χ3n) is 1.73. The molecular formula is C8H17MgO4S+. The summed E-state index contributed by atoms with van der Waals surface area (Å²) in [5, 5.41) is 0. The Morgan fingerprint density at radius 1 is 1.07 bits per heavy atom. The molecule has 0 atom stereocenters. The zero-order chi connectivity index (χ0) is 10.2. The molecule has 0 aromatic heterocycles. The maximum Gasteiger partial charge on any atom is 2.00 e. The van der Waals surface area contributed by atoms with Crippen molar-refractivity contribution in [2.24, 2.45) is 0 Å². The molecule has 80 valence electrons. The van der Waals surface area contributed by atoms with E-state index in [0.29, 0.717) is 6.42 Å². The minimum atomic E-state index is -4.47. The van der Waals surface area contributed by atoms with E-state index in [1.807, 2.05) is 0 Å². The van der Waals surface area contributed by atoms with Gasteiger partial charge in [-0.1, -0.05) is 39.0 Å². The van der Waals surface area contributed by atoms with Crippen molar-refractivity contribution in [2.45, 2.75) is 45.4 Å². The molecule has 0 bridgehead atoms. The Kier molecular flexibility index (Phi) is 12.4.